The molecule has 0 atom stereocenters. The summed E-state index contributed by atoms with van der Waals surface area (Å²) in [6, 6.07) is 0.330. The van der Waals surface area contributed by atoms with Crippen molar-refractivity contribution in [3.8, 4) is 0 Å². The zero-order valence-electron chi connectivity index (χ0n) is 7.20. The number of amides is 1. The number of piperidine rings is 1. The summed E-state index contributed by atoms with van der Waals surface area (Å²) in [5, 5.41) is 11.9. The molecule has 1 fully saturated rings. The Labute approximate surface area is 72.6 Å². The molecule has 1 aliphatic heterocycles. The summed E-state index contributed by atoms with van der Waals surface area (Å²) in [6.45, 7) is 2.47. The summed E-state index contributed by atoms with van der Waals surface area (Å²) in [5.74, 6) is 0. The van der Waals surface area contributed by atoms with Gasteiger partial charge in [-0.15, -0.1) is 0 Å². The minimum absolute atomic E-state index is 0.0582. The maximum absolute atomic E-state index is 10.6. The lowest BCUT2D eigenvalue weighted by atomic mass is 10.1. The molecule has 0 spiro atoms. The van der Waals surface area contributed by atoms with Crippen molar-refractivity contribution in [3.63, 3.8) is 0 Å². The number of carbonyl (C=O) groups is 1. The van der Waals surface area contributed by atoms with E-state index in [1.54, 1.807) is 4.90 Å². The van der Waals surface area contributed by atoms with Crippen LogP contribution in [0.15, 0.2) is 0 Å². The van der Waals surface area contributed by atoms with Crippen LogP contribution in [0.4, 0.5) is 0 Å². The molecule has 1 amide bonds. The second-order valence-electron chi connectivity index (χ2n) is 3.05. The lowest BCUT2D eigenvalue weighted by Crippen LogP contribution is -2.43. The van der Waals surface area contributed by atoms with Gasteiger partial charge in [-0.3, -0.25) is 4.79 Å². The number of rotatable bonds is 4. The lowest BCUT2D eigenvalue weighted by Gasteiger charge is -2.31. The van der Waals surface area contributed by atoms with Gasteiger partial charge in [-0.1, -0.05) is 0 Å². The van der Waals surface area contributed by atoms with Gasteiger partial charge in [0, 0.05) is 12.6 Å². The van der Waals surface area contributed by atoms with Gasteiger partial charge in [-0.05, 0) is 25.9 Å². The van der Waals surface area contributed by atoms with Gasteiger partial charge in [0.1, 0.15) is 0 Å². The molecule has 1 aliphatic rings. The van der Waals surface area contributed by atoms with E-state index in [9.17, 15) is 4.79 Å². The fraction of sp³-hybridized carbons (Fsp3) is 0.875. The van der Waals surface area contributed by atoms with E-state index in [2.05, 4.69) is 5.32 Å². The highest BCUT2D eigenvalue weighted by atomic mass is 16.3. The van der Waals surface area contributed by atoms with Crippen molar-refractivity contribution in [1.82, 2.24) is 10.2 Å². The maximum Gasteiger partial charge on any atom is 0.210 e. The molecule has 1 rings (SSSR count). The van der Waals surface area contributed by atoms with Crippen LogP contribution >= 0.6 is 0 Å². The second kappa shape index (κ2) is 5.11. The molecule has 1 saturated heterocycles. The smallest absolute Gasteiger partial charge is 0.210 e. The first-order valence-corrected chi connectivity index (χ1v) is 4.41. The van der Waals surface area contributed by atoms with Gasteiger partial charge in [0.25, 0.3) is 0 Å². The summed E-state index contributed by atoms with van der Waals surface area (Å²) in [4.78, 5) is 12.3. The van der Waals surface area contributed by atoms with E-state index in [1.807, 2.05) is 0 Å². The van der Waals surface area contributed by atoms with Crippen LogP contribution in [0.25, 0.3) is 0 Å². The third-order valence-corrected chi connectivity index (χ3v) is 2.27. The third kappa shape index (κ3) is 2.46. The van der Waals surface area contributed by atoms with Crippen LogP contribution in [-0.2, 0) is 4.79 Å². The number of nitrogens with one attached hydrogen (secondary N) is 1. The number of hydrogen-bond donors (Lipinski definition) is 2. The predicted octanol–water partition coefficient (Wildman–Crippen LogP) is -0.811. The van der Waals surface area contributed by atoms with Gasteiger partial charge >= 0.3 is 0 Å². The fourth-order valence-corrected chi connectivity index (χ4v) is 1.58. The van der Waals surface area contributed by atoms with E-state index in [1.165, 1.54) is 0 Å². The van der Waals surface area contributed by atoms with Crippen LogP contribution in [0, 0.1) is 0 Å². The Morgan fingerprint density at radius 2 is 2.17 bits per heavy atom. The summed E-state index contributed by atoms with van der Waals surface area (Å²) >= 11 is 0. The monoisotopic (exact) mass is 172 g/mol. The predicted molar refractivity (Wildman–Crippen MR) is 45.7 cm³/mol. The summed E-state index contributed by atoms with van der Waals surface area (Å²) in [5.41, 5.74) is 0. The van der Waals surface area contributed by atoms with Crippen LogP contribution in [-0.4, -0.2) is 48.7 Å². The van der Waals surface area contributed by atoms with Crippen LogP contribution in [0.3, 0.4) is 0 Å². The van der Waals surface area contributed by atoms with Crippen molar-refractivity contribution in [2.75, 3.05) is 26.2 Å². The normalized spacial score (nSPS) is 19.1. The van der Waals surface area contributed by atoms with E-state index in [-0.39, 0.29) is 6.61 Å². The quantitative estimate of drug-likeness (QED) is 0.545. The van der Waals surface area contributed by atoms with E-state index in [0.717, 1.165) is 32.3 Å². The van der Waals surface area contributed by atoms with Crippen LogP contribution in [0.2, 0.25) is 0 Å². The van der Waals surface area contributed by atoms with Gasteiger partial charge < -0.3 is 15.3 Å². The second-order valence-corrected chi connectivity index (χ2v) is 3.05. The van der Waals surface area contributed by atoms with Crippen LogP contribution in [0.1, 0.15) is 12.8 Å². The molecule has 0 aliphatic carbocycles. The van der Waals surface area contributed by atoms with E-state index < -0.39 is 0 Å². The van der Waals surface area contributed by atoms with E-state index in [0.29, 0.717) is 12.6 Å². The molecule has 4 nitrogen and oxygen atoms in total. The van der Waals surface area contributed by atoms with Gasteiger partial charge in [0.2, 0.25) is 6.41 Å². The summed E-state index contributed by atoms with van der Waals surface area (Å²) in [6.07, 6.45) is 2.84. The topological polar surface area (TPSA) is 52.6 Å². The number of carbonyl (C=O) groups excluding carboxylic acids is 1. The molecule has 0 aromatic rings. The third-order valence-electron chi connectivity index (χ3n) is 2.27. The zero-order valence-corrected chi connectivity index (χ0v) is 7.20. The van der Waals surface area contributed by atoms with Crippen LogP contribution in [0.5, 0.6) is 0 Å². The number of aliphatic hydroxyl groups is 1. The molecule has 0 aromatic carbocycles. The average molecular weight is 172 g/mol. The molecule has 12 heavy (non-hydrogen) atoms. The van der Waals surface area contributed by atoms with E-state index in [4.69, 9.17) is 5.11 Å². The highest BCUT2D eigenvalue weighted by molar-refractivity contribution is 5.47. The molecule has 1 heterocycles. The molecular weight excluding hydrogens is 156 g/mol. The van der Waals surface area contributed by atoms with E-state index >= 15 is 0 Å². The van der Waals surface area contributed by atoms with Gasteiger partial charge in [0.05, 0.1) is 6.61 Å². The fourth-order valence-electron chi connectivity index (χ4n) is 1.58. The van der Waals surface area contributed by atoms with Crippen molar-refractivity contribution < 1.29 is 9.90 Å². The highest BCUT2D eigenvalue weighted by Gasteiger charge is 2.18. The molecular formula is C8H16N2O2. The largest absolute Gasteiger partial charge is 0.395 e. The minimum atomic E-state index is 0.0582. The van der Waals surface area contributed by atoms with Crippen LogP contribution < -0.4 is 5.32 Å². The molecule has 2 N–H and O–H groups in total. The lowest BCUT2D eigenvalue weighted by molar-refractivity contribution is -0.121. The minimum Gasteiger partial charge on any atom is -0.395 e. The molecule has 0 radical (unpaired) electrons. The Hall–Kier alpha value is -0.610. The molecule has 4 heteroatoms. The molecule has 70 valence electrons. The Balaban J connectivity index is 2.34. The molecule has 0 saturated carbocycles. The highest BCUT2D eigenvalue weighted by Crippen LogP contribution is 2.08. The first kappa shape index (κ1) is 9.48. The SMILES string of the molecule is O=CN(CCO)C1CCNCC1. The Bertz CT molecular complexity index is 135. The van der Waals surface area contributed by atoms with Crippen molar-refractivity contribution in [1.29, 1.82) is 0 Å². The Morgan fingerprint density at radius 3 is 2.67 bits per heavy atom. The van der Waals surface area contributed by atoms with Gasteiger partial charge in [-0.2, -0.15) is 0 Å². The number of aliphatic hydroxyl groups excluding tert-OH is 1. The zero-order chi connectivity index (χ0) is 8.81. The van der Waals surface area contributed by atoms with Gasteiger partial charge in [0.15, 0.2) is 0 Å². The van der Waals surface area contributed by atoms with Gasteiger partial charge in [-0.25, -0.2) is 0 Å². The standard InChI is InChI=1S/C8H16N2O2/c11-6-5-10(7-12)8-1-3-9-4-2-8/h7-9,11H,1-6H2. The average Bonchev–Trinajstić information content (AvgIpc) is 2.15. The van der Waals surface area contributed by atoms with Crippen molar-refractivity contribution in [3.05, 3.63) is 0 Å². The number of hydrogen-bond acceptors (Lipinski definition) is 3. The molecule has 0 aromatic heterocycles. The van der Waals surface area contributed by atoms with Crippen molar-refractivity contribution >= 4 is 6.41 Å². The molecule has 0 bridgehead atoms. The summed E-state index contributed by atoms with van der Waals surface area (Å²) < 4.78 is 0. The van der Waals surface area contributed by atoms with Crippen molar-refractivity contribution in [2.24, 2.45) is 0 Å². The first-order valence-electron chi connectivity index (χ1n) is 4.41. The Kier molecular flexibility index (Phi) is 4.04. The maximum atomic E-state index is 10.6. The molecule has 0 unspecified atom stereocenters. The summed E-state index contributed by atoms with van der Waals surface area (Å²) in [7, 11) is 0. The Morgan fingerprint density at radius 1 is 1.50 bits per heavy atom. The number of nitrogens with zero attached hydrogens (tertiary/aromatic N) is 1. The first-order chi connectivity index (χ1) is 5.88. The van der Waals surface area contributed by atoms with Crippen molar-refractivity contribution in [2.45, 2.75) is 18.9 Å².